The van der Waals surface area contributed by atoms with E-state index in [1.807, 2.05) is 20.8 Å². The number of hydroxylamine groups is 3. The van der Waals surface area contributed by atoms with Gasteiger partial charge in [-0.25, -0.2) is 20.1 Å². The standard InChI is InChI=1S/C17H28N4O6/c1-17(2,3)27-16(24)19-8-4-5-12(19)10-26-18-14(22)13-7-6-11-9-20(13)15(23)21(11)25/h11-13,25H,4-10H2,1-3H3,(H,18,22)/t11-,12-,13+/m1/s1. The van der Waals surface area contributed by atoms with Crippen LogP contribution in [-0.4, -0.2) is 81.5 Å². The molecule has 0 unspecified atom stereocenters. The number of fused-ring (bicyclic) bond motifs is 2. The summed E-state index contributed by atoms with van der Waals surface area (Å²) in [5, 5.41) is 10.4. The first-order valence-corrected chi connectivity index (χ1v) is 9.37. The van der Waals surface area contributed by atoms with E-state index in [4.69, 9.17) is 9.57 Å². The number of piperidine rings is 1. The van der Waals surface area contributed by atoms with Crippen LogP contribution < -0.4 is 5.48 Å². The quantitative estimate of drug-likeness (QED) is 0.554. The number of nitrogens with zero attached hydrogens (tertiary/aromatic N) is 3. The van der Waals surface area contributed by atoms with Crippen molar-refractivity contribution in [1.82, 2.24) is 20.3 Å². The second-order valence-electron chi connectivity index (χ2n) is 8.27. The van der Waals surface area contributed by atoms with E-state index in [1.54, 1.807) is 4.90 Å². The number of rotatable bonds is 4. The lowest BCUT2D eigenvalue weighted by molar-refractivity contribution is -0.140. The van der Waals surface area contributed by atoms with Crippen LogP contribution in [0, 0.1) is 0 Å². The van der Waals surface area contributed by atoms with Crippen LogP contribution in [0.5, 0.6) is 0 Å². The summed E-state index contributed by atoms with van der Waals surface area (Å²) in [6.45, 7) is 6.52. The molecule has 2 bridgehead atoms. The molecule has 2 N–H and O–H groups in total. The first-order valence-electron chi connectivity index (χ1n) is 9.37. The van der Waals surface area contributed by atoms with Crippen molar-refractivity contribution in [1.29, 1.82) is 0 Å². The summed E-state index contributed by atoms with van der Waals surface area (Å²) in [4.78, 5) is 44.9. The molecule has 3 heterocycles. The maximum atomic E-state index is 12.4. The summed E-state index contributed by atoms with van der Waals surface area (Å²) in [5.74, 6) is -0.418. The second-order valence-corrected chi connectivity index (χ2v) is 8.27. The zero-order chi connectivity index (χ0) is 19.8. The van der Waals surface area contributed by atoms with Gasteiger partial charge in [-0.1, -0.05) is 0 Å². The molecular formula is C17H28N4O6. The fraction of sp³-hybridized carbons (Fsp3) is 0.824. The third kappa shape index (κ3) is 4.27. The van der Waals surface area contributed by atoms with Crippen LogP contribution in [0.1, 0.15) is 46.5 Å². The van der Waals surface area contributed by atoms with E-state index < -0.39 is 23.6 Å². The maximum Gasteiger partial charge on any atom is 0.410 e. The van der Waals surface area contributed by atoms with Crippen LogP contribution in [-0.2, 0) is 14.4 Å². The molecule has 0 saturated carbocycles. The third-order valence-electron chi connectivity index (χ3n) is 5.10. The number of carbonyl (C=O) groups is 3. The SMILES string of the molecule is CC(C)(C)OC(=O)N1CCC[C@@H]1CONC(=O)[C@@H]1CC[C@@H]2CN1C(=O)N2O. The van der Waals surface area contributed by atoms with Gasteiger partial charge < -0.3 is 14.5 Å². The van der Waals surface area contributed by atoms with Gasteiger partial charge in [0.25, 0.3) is 5.91 Å². The molecule has 3 aliphatic heterocycles. The Hall–Kier alpha value is -2.07. The van der Waals surface area contributed by atoms with Gasteiger partial charge in [-0.2, -0.15) is 0 Å². The molecule has 152 valence electrons. The smallest absolute Gasteiger partial charge is 0.410 e. The van der Waals surface area contributed by atoms with Crippen molar-refractivity contribution >= 4 is 18.0 Å². The predicted molar refractivity (Wildman–Crippen MR) is 92.6 cm³/mol. The van der Waals surface area contributed by atoms with Gasteiger partial charge in [0.05, 0.1) is 18.7 Å². The Kier molecular flexibility index (Phi) is 5.48. The third-order valence-corrected chi connectivity index (χ3v) is 5.10. The summed E-state index contributed by atoms with van der Waals surface area (Å²) < 4.78 is 5.40. The van der Waals surface area contributed by atoms with Crippen LogP contribution in [0.15, 0.2) is 0 Å². The van der Waals surface area contributed by atoms with Gasteiger partial charge in [0, 0.05) is 13.1 Å². The zero-order valence-corrected chi connectivity index (χ0v) is 16.0. The van der Waals surface area contributed by atoms with Crippen molar-refractivity contribution in [3.63, 3.8) is 0 Å². The number of hydrogen-bond acceptors (Lipinski definition) is 6. The van der Waals surface area contributed by atoms with Crippen molar-refractivity contribution < 1.29 is 29.2 Å². The van der Waals surface area contributed by atoms with E-state index in [2.05, 4.69) is 5.48 Å². The lowest BCUT2D eigenvalue weighted by atomic mass is 10.0. The lowest BCUT2D eigenvalue weighted by Gasteiger charge is -2.30. The minimum absolute atomic E-state index is 0.153. The van der Waals surface area contributed by atoms with Crippen molar-refractivity contribution in [2.24, 2.45) is 0 Å². The number of hydrogen-bond donors (Lipinski definition) is 2. The van der Waals surface area contributed by atoms with Crippen LogP contribution in [0.3, 0.4) is 0 Å². The van der Waals surface area contributed by atoms with Gasteiger partial charge in [-0.05, 0) is 46.5 Å². The van der Waals surface area contributed by atoms with Crippen molar-refractivity contribution in [3.8, 4) is 0 Å². The van der Waals surface area contributed by atoms with Gasteiger partial charge >= 0.3 is 12.1 Å². The molecule has 27 heavy (non-hydrogen) atoms. The zero-order valence-electron chi connectivity index (χ0n) is 16.0. The van der Waals surface area contributed by atoms with Gasteiger partial charge in [0.1, 0.15) is 11.6 Å². The molecule has 0 aliphatic carbocycles. The highest BCUT2D eigenvalue weighted by Crippen LogP contribution is 2.28. The Morgan fingerprint density at radius 3 is 2.70 bits per heavy atom. The Morgan fingerprint density at radius 2 is 2.00 bits per heavy atom. The average Bonchev–Trinajstić information content (AvgIpc) is 3.14. The highest BCUT2D eigenvalue weighted by molar-refractivity contribution is 5.87. The largest absolute Gasteiger partial charge is 0.444 e. The number of carbonyl (C=O) groups excluding carboxylic acids is 3. The van der Waals surface area contributed by atoms with E-state index in [9.17, 15) is 19.6 Å². The molecule has 3 saturated heterocycles. The molecule has 0 aromatic carbocycles. The summed E-state index contributed by atoms with van der Waals surface area (Å²) in [6.07, 6.45) is 2.26. The summed E-state index contributed by atoms with van der Waals surface area (Å²) >= 11 is 0. The molecule has 3 fully saturated rings. The lowest BCUT2D eigenvalue weighted by Crippen LogP contribution is -2.50. The van der Waals surface area contributed by atoms with E-state index in [0.29, 0.717) is 31.0 Å². The fourth-order valence-corrected chi connectivity index (χ4v) is 3.77. The van der Waals surface area contributed by atoms with Crippen molar-refractivity contribution in [2.45, 2.75) is 70.2 Å². The number of amides is 4. The Labute approximate surface area is 158 Å². The van der Waals surface area contributed by atoms with Crippen molar-refractivity contribution in [3.05, 3.63) is 0 Å². The molecule has 10 heteroatoms. The maximum absolute atomic E-state index is 12.4. The normalized spacial score (nSPS) is 27.9. The minimum atomic E-state index is -0.656. The highest BCUT2D eigenvalue weighted by Gasteiger charge is 2.47. The predicted octanol–water partition coefficient (Wildman–Crippen LogP) is 1.09. The fourth-order valence-electron chi connectivity index (χ4n) is 3.77. The van der Waals surface area contributed by atoms with Gasteiger partial charge in [-0.3, -0.25) is 14.8 Å². The van der Waals surface area contributed by atoms with Crippen LogP contribution in [0.2, 0.25) is 0 Å². The van der Waals surface area contributed by atoms with Crippen molar-refractivity contribution in [2.75, 3.05) is 19.7 Å². The molecule has 10 nitrogen and oxygen atoms in total. The number of likely N-dealkylation sites (tertiary alicyclic amines) is 1. The Balaban J connectivity index is 1.47. The van der Waals surface area contributed by atoms with E-state index in [0.717, 1.165) is 12.8 Å². The first kappa shape index (κ1) is 19.7. The first-order chi connectivity index (χ1) is 12.7. The number of ether oxygens (including phenoxy) is 1. The average molecular weight is 384 g/mol. The minimum Gasteiger partial charge on any atom is -0.444 e. The molecular weight excluding hydrogens is 356 g/mol. The highest BCUT2D eigenvalue weighted by atomic mass is 16.7. The second kappa shape index (κ2) is 7.51. The van der Waals surface area contributed by atoms with E-state index >= 15 is 0 Å². The molecule has 3 atom stereocenters. The topological polar surface area (TPSA) is 112 Å². The molecule has 3 aliphatic rings. The molecule has 0 aromatic rings. The molecule has 0 radical (unpaired) electrons. The number of urea groups is 1. The Morgan fingerprint density at radius 1 is 1.26 bits per heavy atom. The Bertz CT molecular complexity index is 607. The van der Waals surface area contributed by atoms with Crippen LogP contribution in [0.4, 0.5) is 9.59 Å². The summed E-state index contributed by atoms with van der Waals surface area (Å²) in [7, 11) is 0. The molecule has 0 spiro atoms. The van der Waals surface area contributed by atoms with Crippen LogP contribution >= 0.6 is 0 Å². The summed E-state index contributed by atoms with van der Waals surface area (Å²) in [5.41, 5.74) is 1.82. The van der Waals surface area contributed by atoms with E-state index in [-0.39, 0.29) is 24.8 Å². The van der Waals surface area contributed by atoms with Crippen LogP contribution in [0.25, 0.3) is 0 Å². The molecule has 0 aromatic heterocycles. The number of nitrogens with one attached hydrogen (secondary N) is 1. The monoisotopic (exact) mass is 384 g/mol. The molecule has 3 rings (SSSR count). The van der Waals surface area contributed by atoms with Gasteiger partial charge in [0.2, 0.25) is 0 Å². The van der Waals surface area contributed by atoms with E-state index in [1.165, 1.54) is 4.90 Å². The van der Waals surface area contributed by atoms with Gasteiger partial charge in [0.15, 0.2) is 0 Å². The van der Waals surface area contributed by atoms with Gasteiger partial charge in [-0.15, -0.1) is 0 Å². The molecule has 4 amide bonds. The summed E-state index contributed by atoms with van der Waals surface area (Å²) in [6, 6.07) is -1.62.